The van der Waals surface area contributed by atoms with E-state index in [4.69, 9.17) is 14.3 Å². The van der Waals surface area contributed by atoms with Gasteiger partial charge in [0, 0.05) is 0 Å². The predicted molar refractivity (Wildman–Crippen MR) is 95.9 cm³/mol. The van der Waals surface area contributed by atoms with Crippen LogP contribution in [0.3, 0.4) is 0 Å². The number of aromatic hydroxyl groups is 2. The summed E-state index contributed by atoms with van der Waals surface area (Å²) >= 11 is 0. The second-order valence-electron chi connectivity index (χ2n) is 6.47. The van der Waals surface area contributed by atoms with E-state index in [1.165, 1.54) is 6.07 Å². The van der Waals surface area contributed by atoms with Gasteiger partial charge in [0.1, 0.15) is 47.0 Å². The maximum Gasteiger partial charge on any atom is 0.342 e. The number of aliphatic hydroxyl groups is 3. The van der Waals surface area contributed by atoms with Crippen LogP contribution < -0.4 is 0 Å². The van der Waals surface area contributed by atoms with Gasteiger partial charge in [-0.3, -0.25) is 0 Å². The van der Waals surface area contributed by atoms with Crippen LogP contribution in [0.1, 0.15) is 21.5 Å². The van der Waals surface area contributed by atoms with Gasteiger partial charge < -0.3 is 34.7 Å². The maximum absolute atomic E-state index is 12.4. The summed E-state index contributed by atoms with van der Waals surface area (Å²) in [6, 6.07) is 4.76. The molecule has 1 aromatic heterocycles. The van der Waals surface area contributed by atoms with E-state index in [1.807, 2.05) is 0 Å². The first-order valence-corrected chi connectivity index (χ1v) is 8.27. The van der Waals surface area contributed by atoms with Crippen LogP contribution in [0.15, 0.2) is 22.6 Å². The van der Waals surface area contributed by atoms with E-state index in [2.05, 4.69) is 0 Å². The van der Waals surface area contributed by atoms with E-state index >= 15 is 0 Å². The molecule has 0 spiro atoms. The number of hydrogen-bond donors (Lipinski definition) is 5. The lowest BCUT2D eigenvalue weighted by molar-refractivity contribution is -0.0468. The number of aliphatic hydroxyl groups excluding tert-OH is 3. The van der Waals surface area contributed by atoms with Gasteiger partial charge in [0.15, 0.2) is 0 Å². The number of ether oxygens (including phenoxy) is 1. The number of fused-ring (bicyclic) bond motifs is 3. The number of phenols is 2. The molecule has 144 valence electrons. The molecule has 0 bridgehead atoms. The van der Waals surface area contributed by atoms with Crippen LogP contribution in [0.4, 0.5) is 0 Å². The van der Waals surface area contributed by atoms with Crippen molar-refractivity contribution in [3.8, 4) is 11.5 Å². The molecule has 2 aromatic carbocycles. The van der Waals surface area contributed by atoms with Crippen molar-refractivity contribution < 1.29 is 39.5 Å². The van der Waals surface area contributed by atoms with Gasteiger partial charge in [-0.2, -0.15) is 0 Å². The lowest BCUT2D eigenvalue weighted by Crippen LogP contribution is -2.34. The molecule has 0 saturated heterocycles. The Morgan fingerprint density at radius 2 is 1.74 bits per heavy atom. The summed E-state index contributed by atoms with van der Waals surface area (Å²) in [4.78, 5) is 12.4. The van der Waals surface area contributed by atoms with E-state index in [1.54, 1.807) is 26.0 Å². The SMILES string of the molecule is Cc1cc(O)c2c(c1)oc1cc(C)c(C(=O)OCC(O)C(O)CO)c(O)c12. The first-order chi connectivity index (χ1) is 12.7. The lowest BCUT2D eigenvalue weighted by Gasteiger charge is -2.16. The van der Waals surface area contributed by atoms with Gasteiger partial charge >= 0.3 is 5.97 Å². The number of carbonyl (C=O) groups excluding carboxylic acids is 1. The molecule has 0 fully saturated rings. The summed E-state index contributed by atoms with van der Waals surface area (Å²) in [6.45, 7) is 2.11. The zero-order chi connectivity index (χ0) is 19.9. The summed E-state index contributed by atoms with van der Waals surface area (Å²) in [7, 11) is 0. The minimum Gasteiger partial charge on any atom is -0.507 e. The molecule has 2 atom stereocenters. The fourth-order valence-electron chi connectivity index (χ4n) is 3.00. The Morgan fingerprint density at radius 1 is 1.07 bits per heavy atom. The third-order valence-electron chi connectivity index (χ3n) is 4.38. The normalized spacial score (nSPS) is 13.8. The van der Waals surface area contributed by atoms with Crippen molar-refractivity contribution in [2.45, 2.75) is 26.1 Å². The van der Waals surface area contributed by atoms with Gasteiger partial charge in [0.05, 0.1) is 17.4 Å². The largest absolute Gasteiger partial charge is 0.507 e. The summed E-state index contributed by atoms with van der Waals surface area (Å²) < 4.78 is 10.6. The highest BCUT2D eigenvalue weighted by Gasteiger charge is 2.25. The molecule has 1 heterocycles. The van der Waals surface area contributed by atoms with Crippen molar-refractivity contribution in [2.75, 3.05) is 13.2 Å². The zero-order valence-corrected chi connectivity index (χ0v) is 14.8. The molecular formula is C19H20O8. The van der Waals surface area contributed by atoms with Crippen LogP contribution in [-0.2, 0) is 4.74 Å². The van der Waals surface area contributed by atoms with Gasteiger partial charge in [-0.15, -0.1) is 0 Å². The van der Waals surface area contributed by atoms with Gasteiger partial charge in [-0.1, -0.05) is 0 Å². The van der Waals surface area contributed by atoms with Crippen molar-refractivity contribution in [1.82, 2.24) is 0 Å². The Balaban J connectivity index is 2.06. The standard InChI is InChI=1S/C19H20O8/c1-8-3-10(21)16-13(4-8)27-14-5-9(2)15(18(24)17(14)16)19(25)26-7-12(23)11(22)6-20/h3-5,11-12,20-24H,6-7H2,1-2H3. The first kappa shape index (κ1) is 19.0. The molecule has 3 aromatic rings. The van der Waals surface area contributed by atoms with Crippen LogP contribution in [0, 0.1) is 13.8 Å². The van der Waals surface area contributed by atoms with Gasteiger partial charge in [-0.25, -0.2) is 4.79 Å². The fourth-order valence-corrected chi connectivity index (χ4v) is 3.00. The molecule has 0 saturated carbocycles. The Bertz CT molecular complexity index is 1020. The van der Waals surface area contributed by atoms with Crippen LogP contribution in [0.25, 0.3) is 21.9 Å². The van der Waals surface area contributed by atoms with Crippen molar-refractivity contribution >= 4 is 27.9 Å². The molecular weight excluding hydrogens is 356 g/mol. The van der Waals surface area contributed by atoms with E-state index in [9.17, 15) is 25.2 Å². The van der Waals surface area contributed by atoms with E-state index in [0.29, 0.717) is 16.7 Å². The third kappa shape index (κ3) is 3.30. The molecule has 5 N–H and O–H groups in total. The average Bonchev–Trinajstić information content (AvgIpc) is 2.97. The molecule has 3 rings (SSSR count). The van der Waals surface area contributed by atoms with E-state index in [0.717, 1.165) is 5.56 Å². The van der Waals surface area contributed by atoms with Crippen molar-refractivity contribution in [3.05, 3.63) is 34.9 Å². The summed E-state index contributed by atoms with van der Waals surface area (Å²) in [6.07, 6.45) is -2.92. The van der Waals surface area contributed by atoms with Crippen molar-refractivity contribution in [1.29, 1.82) is 0 Å². The number of rotatable bonds is 5. The average molecular weight is 376 g/mol. The predicted octanol–water partition coefficient (Wildman–Crippen LogP) is 1.48. The van der Waals surface area contributed by atoms with Crippen molar-refractivity contribution in [2.24, 2.45) is 0 Å². The third-order valence-corrected chi connectivity index (χ3v) is 4.38. The summed E-state index contributed by atoms with van der Waals surface area (Å²) in [5.74, 6) is -1.43. The number of carbonyl (C=O) groups is 1. The maximum atomic E-state index is 12.4. The molecule has 27 heavy (non-hydrogen) atoms. The second-order valence-corrected chi connectivity index (χ2v) is 6.47. The van der Waals surface area contributed by atoms with Crippen LogP contribution in [0.5, 0.6) is 11.5 Å². The quantitative estimate of drug-likeness (QED) is 0.422. The Hall–Kier alpha value is -2.81. The Labute approximate surface area is 153 Å². The van der Waals surface area contributed by atoms with Crippen LogP contribution in [0.2, 0.25) is 0 Å². The lowest BCUT2D eigenvalue weighted by atomic mass is 10.0. The topological polar surface area (TPSA) is 141 Å². The molecule has 0 aliphatic carbocycles. The molecule has 0 aliphatic rings. The molecule has 0 aliphatic heterocycles. The Kier molecular flexibility index (Phi) is 4.97. The number of hydrogen-bond acceptors (Lipinski definition) is 8. The molecule has 8 nitrogen and oxygen atoms in total. The minimum absolute atomic E-state index is 0.0938. The summed E-state index contributed by atoms with van der Waals surface area (Å²) in [5, 5.41) is 49.1. The van der Waals surface area contributed by atoms with Gasteiger partial charge in [0.2, 0.25) is 0 Å². The van der Waals surface area contributed by atoms with Crippen LogP contribution >= 0.6 is 0 Å². The Morgan fingerprint density at radius 3 is 2.41 bits per heavy atom. The number of furan rings is 1. The number of phenolic OH excluding ortho intramolecular Hbond substituents is 2. The number of aryl methyl sites for hydroxylation is 2. The fraction of sp³-hybridized carbons (Fsp3) is 0.316. The zero-order valence-electron chi connectivity index (χ0n) is 14.8. The minimum atomic E-state index is -1.47. The highest BCUT2D eigenvalue weighted by atomic mass is 16.5. The van der Waals surface area contributed by atoms with Crippen LogP contribution in [-0.4, -0.2) is 56.9 Å². The molecule has 2 unspecified atom stereocenters. The monoisotopic (exact) mass is 376 g/mol. The second kappa shape index (κ2) is 7.07. The number of benzene rings is 2. The smallest absolute Gasteiger partial charge is 0.342 e. The van der Waals surface area contributed by atoms with E-state index < -0.39 is 37.1 Å². The molecule has 0 amide bonds. The number of esters is 1. The van der Waals surface area contributed by atoms with Gasteiger partial charge in [-0.05, 0) is 43.2 Å². The summed E-state index contributed by atoms with van der Waals surface area (Å²) in [5.41, 5.74) is 1.66. The van der Waals surface area contributed by atoms with Crippen molar-refractivity contribution in [3.63, 3.8) is 0 Å². The van der Waals surface area contributed by atoms with E-state index in [-0.39, 0.29) is 22.1 Å². The molecule has 8 heteroatoms. The first-order valence-electron chi connectivity index (χ1n) is 8.27. The molecule has 0 radical (unpaired) electrons. The highest BCUT2D eigenvalue weighted by Crippen LogP contribution is 2.43. The highest BCUT2D eigenvalue weighted by molar-refractivity contribution is 6.14. The van der Waals surface area contributed by atoms with Gasteiger partial charge in [0.25, 0.3) is 0 Å².